The Hall–Kier alpha value is -2.64. The smallest absolute Gasteiger partial charge is 0.261 e. The molecule has 2 aliphatic heterocycles. The molecule has 4 unspecified atom stereocenters. The monoisotopic (exact) mass is 639 g/mol. The van der Waals surface area contributed by atoms with E-state index in [0.29, 0.717) is 6.29 Å². The van der Waals surface area contributed by atoms with E-state index in [1.165, 1.54) is 7.11 Å². The molecular formula is C33H45N3O8Si. The number of aldehydes is 1. The van der Waals surface area contributed by atoms with Crippen LogP contribution in [0.25, 0.3) is 10.4 Å². The first kappa shape index (κ1) is 33.7. The molecule has 45 heavy (non-hydrogen) atoms. The van der Waals surface area contributed by atoms with E-state index in [2.05, 4.69) is 55.1 Å². The van der Waals surface area contributed by atoms with Crippen molar-refractivity contribution in [3.8, 4) is 0 Å². The summed E-state index contributed by atoms with van der Waals surface area (Å²) in [5.41, 5.74) is 6.92. The van der Waals surface area contributed by atoms with Gasteiger partial charge in [-0.15, -0.1) is 0 Å². The molecule has 3 aliphatic rings. The van der Waals surface area contributed by atoms with Crippen molar-refractivity contribution in [2.45, 2.75) is 94.5 Å². The predicted octanol–water partition coefficient (Wildman–Crippen LogP) is 4.47. The standard InChI is InChI=1S/C33H45N3O8Si/c1-29(2,3)45(23-15-11-9-12-16-23,24-17-13-10-14-18-24)41-19-25-26(39-22-38-8)33(21-40-30(4,5)44-33)28-27(42-31(6,7)43-28)32(25,20-37)35-36-34/h9-18,20,25-28H,19,21-22H2,1-8H3/t25?,26?,27?,28?,32-,33+/m1/s1. The van der Waals surface area contributed by atoms with Crippen molar-refractivity contribution in [1.82, 2.24) is 0 Å². The molecule has 5 rings (SSSR count). The number of fused-ring (bicyclic) bond motifs is 2. The third kappa shape index (κ3) is 5.66. The quantitative estimate of drug-likeness (QED) is 0.0930. The largest absolute Gasteiger partial charge is 0.407 e. The lowest BCUT2D eigenvalue weighted by molar-refractivity contribution is -0.274. The van der Waals surface area contributed by atoms with Crippen molar-refractivity contribution in [3.05, 3.63) is 71.1 Å². The van der Waals surface area contributed by atoms with Gasteiger partial charge in [0, 0.05) is 24.5 Å². The number of methoxy groups -OCH3 is 1. The van der Waals surface area contributed by atoms with Crippen LogP contribution in [0.2, 0.25) is 5.04 Å². The fraction of sp³-hybridized carbons (Fsp3) is 0.606. The number of ether oxygens (including phenoxy) is 6. The molecule has 2 aromatic carbocycles. The van der Waals surface area contributed by atoms with Crippen molar-refractivity contribution in [1.29, 1.82) is 0 Å². The van der Waals surface area contributed by atoms with E-state index in [-0.39, 0.29) is 25.0 Å². The summed E-state index contributed by atoms with van der Waals surface area (Å²) in [5.74, 6) is -3.02. The molecule has 0 radical (unpaired) electrons. The third-order valence-corrected chi connectivity index (χ3v) is 14.2. The predicted molar refractivity (Wildman–Crippen MR) is 169 cm³/mol. The highest BCUT2D eigenvalue weighted by molar-refractivity contribution is 6.99. The maximum absolute atomic E-state index is 13.4. The van der Waals surface area contributed by atoms with Crippen LogP contribution < -0.4 is 10.4 Å². The highest BCUT2D eigenvalue weighted by Gasteiger charge is 2.75. The summed E-state index contributed by atoms with van der Waals surface area (Å²) in [6.45, 7) is 13.6. The number of azide groups is 1. The second-order valence-electron chi connectivity index (χ2n) is 14.0. The lowest BCUT2D eigenvalue weighted by atomic mass is 9.62. The molecule has 1 aliphatic carbocycles. The molecule has 2 aromatic rings. The van der Waals surface area contributed by atoms with E-state index in [0.717, 1.165) is 10.4 Å². The molecule has 0 amide bonds. The van der Waals surface area contributed by atoms with Gasteiger partial charge >= 0.3 is 0 Å². The van der Waals surface area contributed by atoms with Gasteiger partial charge in [0.15, 0.2) is 17.2 Å². The van der Waals surface area contributed by atoms with E-state index in [1.807, 2.05) is 50.2 Å². The Bertz CT molecular complexity index is 1360. The van der Waals surface area contributed by atoms with Crippen molar-refractivity contribution in [2.24, 2.45) is 11.0 Å². The maximum Gasteiger partial charge on any atom is 0.261 e. The number of rotatable bonds is 10. The zero-order valence-corrected chi connectivity index (χ0v) is 28.4. The van der Waals surface area contributed by atoms with Crippen molar-refractivity contribution < 1.29 is 37.6 Å². The normalized spacial score (nSPS) is 32.2. The minimum Gasteiger partial charge on any atom is -0.407 e. The van der Waals surface area contributed by atoms with Crippen LogP contribution in [0.15, 0.2) is 65.8 Å². The van der Waals surface area contributed by atoms with Gasteiger partial charge in [-0.2, -0.15) is 0 Å². The van der Waals surface area contributed by atoms with E-state index in [1.54, 1.807) is 13.8 Å². The van der Waals surface area contributed by atoms with Gasteiger partial charge in [-0.25, -0.2) is 0 Å². The average molecular weight is 640 g/mol. The molecule has 6 atom stereocenters. The highest BCUT2D eigenvalue weighted by atomic mass is 28.4. The second kappa shape index (κ2) is 12.2. The van der Waals surface area contributed by atoms with E-state index in [4.69, 9.17) is 32.8 Å². The van der Waals surface area contributed by atoms with Crippen LogP contribution in [0, 0.1) is 5.92 Å². The molecule has 2 heterocycles. The van der Waals surface area contributed by atoms with Crippen LogP contribution in [0.3, 0.4) is 0 Å². The molecule has 3 fully saturated rings. The molecule has 2 saturated heterocycles. The van der Waals surface area contributed by atoms with Crippen LogP contribution in [0.4, 0.5) is 0 Å². The minimum absolute atomic E-state index is 0.0298. The number of carbonyl (C=O) groups excluding carboxylic acids is 1. The van der Waals surface area contributed by atoms with E-state index in [9.17, 15) is 10.3 Å². The molecule has 0 N–H and O–H groups in total. The number of nitrogens with zero attached hydrogens (tertiary/aromatic N) is 3. The highest BCUT2D eigenvalue weighted by Crippen LogP contribution is 2.56. The van der Waals surface area contributed by atoms with Crippen LogP contribution >= 0.6 is 0 Å². The minimum atomic E-state index is -3.12. The molecule has 1 spiro atoms. The SMILES string of the molecule is COCOC1C(CO[Si](c2ccccc2)(c2ccccc2)C(C)(C)C)[C@@](C=O)(N=[N+]=[N-])C2OC(C)(C)OC2[C@]12COC(C)(C)O2. The van der Waals surface area contributed by atoms with Gasteiger partial charge in [0.1, 0.15) is 36.9 Å². The van der Waals surface area contributed by atoms with Crippen LogP contribution in [0.1, 0.15) is 48.5 Å². The molecule has 0 bridgehead atoms. The first-order chi connectivity index (χ1) is 21.2. The van der Waals surface area contributed by atoms with Gasteiger partial charge in [0.05, 0.1) is 6.61 Å². The first-order valence-electron chi connectivity index (χ1n) is 15.3. The summed E-state index contributed by atoms with van der Waals surface area (Å²) in [6.07, 6.45) is -2.16. The van der Waals surface area contributed by atoms with E-state index < -0.39 is 55.3 Å². The van der Waals surface area contributed by atoms with Crippen molar-refractivity contribution >= 4 is 25.0 Å². The molecule has 0 aromatic heterocycles. The molecule has 244 valence electrons. The first-order valence-corrected chi connectivity index (χ1v) is 17.2. The summed E-state index contributed by atoms with van der Waals surface area (Å²) >= 11 is 0. The Morgan fingerprint density at radius 3 is 2.02 bits per heavy atom. The zero-order chi connectivity index (χ0) is 32.7. The Balaban J connectivity index is 1.73. The Labute approximate surface area is 266 Å². The number of hydrogen-bond acceptors (Lipinski definition) is 9. The van der Waals surface area contributed by atoms with Gasteiger partial charge in [-0.3, -0.25) is 0 Å². The van der Waals surface area contributed by atoms with Gasteiger partial charge in [0.25, 0.3) is 8.32 Å². The number of hydrogen-bond donors (Lipinski definition) is 0. The Morgan fingerprint density at radius 1 is 0.978 bits per heavy atom. The Kier molecular flexibility index (Phi) is 9.13. The Morgan fingerprint density at radius 2 is 1.56 bits per heavy atom. The summed E-state index contributed by atoms with van der Waals surface area (Å²) in [5, 5.41) is 5.97. The van der Waals surface area contributed by atoms with Crippen LogP contribution in [0.5, 0.6) is 0 Å². The fourth-order valence-corrected chi connectivity index (χ4v) is 12.1. The number of benzene rings is 2. The number of carbonyl (C=O) groups is 1. The van der Waals surface area contributed by atoms with Crippen LogP contribution in [-0.2, 0) is 37.6 Å². The maximum atomic E-state index is 13.4. The molecule has 1 saturated carbocycles. The van der Waals surface area contributed by atoms with Crippen molar-refractivity contribution in [2.75, 3.05) is 27.1 Å². The van der Waals surface area contributed by atoms with Crippen molar-refractivity contribution in [3.63, 3.8) is 0 Å². The second-order valence-corrected chi connectivity index (χ2v) is 18.3. The van der Waals surface area contributed by atoms with Gasteiger partial charge in [-0.1, -0.05) is 86.5 Å². The molecular weight excluding hydrogens is 594 g/mol. The zero-order valence-electron chi connectivity index (χ0n) is 27.4. The summed E-state index contributed by atoms with van der Waals surface area (Å²) in [4.78, 5) is 16.6. The van der Waals surface area contributed by atoms with Gasteiger partial charge in [-0.05, 0) is 48.6 Å². The summed E-state index contributed by atoms with van der Waals surface area (Å²) < 4.78 is 45.0. The average Bonchev–Trinajstić information content (AvgIpc) is 3.51. The fourth-order valence-electron chi connectivity index (χ4n) is 7.48. The molecule has 12 heteroatoms. The van der Waals surface area contributed by atoms with Gasteiger partial charge in [0.2, 0.25) is 0 Å². The van der Waals surface area contributed by atoms with E-state index >= 15 is 0 Å². The van der Waals surface area contributed by atoms with Gasteiger partial charge < -0.3 is 37.6 Å². The lowest BCUT2D eigenvalue weighted by Gasteiger charge is -2.55. The summed E-state index contributed by atoms with van der Waals surface area (Å²) in [6, 6.07) is 20.4. The summed E-state index contributed by atoms with van der Waals surface area (Å²) in [7, 11) is -1.60. The third-order valence-electron chi connectivity index (χ3n) is 9.22. The lowest BCUT2D eigenvalue weighted by Crippen LogP contribution is -2.76. The molecule has 11 nitrogen and oxygen atoms in total. The van der Waals surface area contributed by atoms with Crippen LogP contribution in [-0.4, -0.2) is 82.7 Å². The topological polar surface area (TPSA) is 130 Å².